The minimum absolute atomic E-state index is 0.879. The molecule has 0 radical (unpaired) electrons. The molecule has 0 aliphatic rings. The molecule has 5 heteroatoms. The Balaban J connectivity index is 1.38. The predicted molar refractivity (Wildman–Crippen MR) is 104 cm³/mol. The van der Waals surface area contributed by atoms with Crippen LogP contribution in [0.2, 0.25) is 0 Å². The molecule has 1 aromatic carbocycles. The summed E-state index contributed by atoms with van der Waals surface area (Å²) in [5.41, 5.74) is 1.30. The van der Waals surface area contributed by atoms with Gasteiger partial charge in [0.2, 0.25) is 0 Å². The normalized spacial score (nSPS) is 11.8. The topological polar surface area (TPSA) is 41.4 Å². The number of rotatable bonds is 7. The maximum absolute atomic E-state index is 4.28. The molecule has 0 spiro atoms. The van der Waals surface area contributed by atoms with Crippen LogP contribution in [0.3, 0.4) is 0 Å². The monoisotopic (exact) mass is 340 g/mol. The molecule has 3 aromatic rings. The molecule has 2 N–H and O–H groups in total. The lowest BCUT2D eigenvalue weighted by atomic mass is 10.2. The second-order valence-corrected chi connectivity index (χ2v) is 6.71. The molecule has 126 valence electrons. The highest BCUT2D eigenvalue weighted by atomic mass is 32.1. The van der Waals surface area contributed by atoms with Gasteiger partial charge in [0, 0.05) is 43.3 Å². The molecule has 0 fully saturated rings. The molecule has 0 bridgehead atoms. The highest BCUT2D eigenvalue weighted by Crippen LogP contribution is 2.15. The lowest BCUT2D eigenvalue weighted by Gasteiger charge is -2.12. The first-order chi connectivity index (χ1) is 11.9. The number of nitrogens with zero attached hydrogens (tertiary/aromatic N) is 2. The summed E-state index contributed by atoms with van der Waals surface area (Å²) in [5, 5.41) is 10.2. The molecular weight excluding hydrogens is 316 g/mol. The maximum Gasteiger partial charge on any atom is 0.190 e. The number of benzene rings is 1. The number of nitrogens with one attached hydrogen (secondary N) is 2. The van der Waals surface area contributed by atoms with Crippen LogP contribution in [0.1, 0.15) is 11.3 Å². The van der Waals surface area contributed by atoms with Crippen molar-refractivity contribution in [3.05, 3.63) is 58.9 Å². The van der Waals surface area contributed by atoms with E-state index in [9.17, 15) is 0 Å². The number of fused-ring (bicyclic) bond motifs is 1. The van der Waals surface area contributed by atoms with E-state index in [2.05, 4.69) is 74.2 Å². The van der Waals surface area contributed by atoms with Gasteiger partial charge in [-0.05, 0) is 41.8 Å². The van der Waals surface area contributed by atoms with Gasteiger partial charge in [-0.2, -0.15) is 0 Å². The predicted octanol–water partition coefficient (Wildman–Crippen LogP) is 3.50. The summed E-state index contributed by atoms with van der Waals surface area (Å²) in [7, 11) is 1.82. The number of aliphatic imine (C=N–C) groups is 1. The smallest absolute Gasteiger partial charge is 0.190 e. The van der Waals surface area contributed by atoms with E-state index in [1.807, 2.05) is 7.05 Å². The Labute approximate surface area is 147 Å². The number of hydrogen-bond acceptors (Lipinski definition) is 2. The average Bonchev–Trinajstić information content (AvgIpc) is 3.27. The number of thiophene rings is 1. The van der Waals surface area contributed by atoms with Crippen LogP contribution in [-0.4, -0.2) is 30.7 Å². The van der Waals surface area contributed by atoms with Gasteiger partial charge >= 0.3 is 0 Å². The third-order valence-electron chi connectivity index (χ3n) is 4.02. The Hall–Kier alpha value is -2.27. The van der Waals surface area contributed by atoms with Crippen molar-refractivity contribution in [3.63, 3.8) is 0 Å². The fourth-order valence-electron chi connectivity index (χ4n) is 2.77. The number of guanidine groups is 1. The molecule has 0 unspecified atom stereocenters. The van der Waals surface area contributed by atoms with Gasteiger partial charge in [0.15, 0.2) is 5.96 Å². The van der Waals surface area contributed by atoms with E-state index in [1.54, 1.807) is 11.3 Å². The lowest BCUT2D eigenvalue weighted by molar-refractivity contribution is 0.641. The minimum Gasteiger partial charge on any atom is -0.356 e. The summed E-state index contributed by atoms with van der Waals surface area (Å²) in [6.07, 6.45) is 4.26. The third-order valence-corrected chi connectivity index (χ3v) is 4.95. The molecule has 0 aliphatic carbocycles. The Morgan fingerprint density at radius 1 is 1.08 bits per heavy atom. The van der Waals surface area contributed by atoms with E-state index in [0.717, 1.165) is 38.4 Å². The van der Waals surface area contributed by atoms with Crippen LogP contribution in [0.25, 0.3) is 10.9 Å². The van der Waals surface area contributed by atoms with Crippen LogP contribution in [0.15, 0.2) is 59.0 Å². The van der Waals surface area contributed by atoms with Gasteiger partial charge in [0.05, 0.1) is 0 Å². The maximum atomic E-state index is 4.28. The molecule has 4 nitrogen and oxygen atoms in total. The Morgan fingerprint density at radius 2 is 1.96 bits per heavy atom. The van der Waals surface area contributed by atoms with Crippen LogP contribution in [0.4, 0.5) is 0 Å². The number of aryl methyl sites for hydroxylation is 1. The molecule has 2 heterocycles. The van der Waals surface area contributed by atoms with Gasteiger partial charge in [0.1, 0.15) is 0 Å². The summed E-state index contributed by atoms with van der Waals surface area (Å²) in [5.74, 6) is 0.879. The highest BCUT2D eigenvalue weighted by Gasteiger charge is 2.01. The van der Waals surface area contributed by atoms with Gasteiger partial charge < -0.3 is 15.2 Å². The van der Waals surface area contributed by atoms with E-state index >= 15 is 0 Å². The first-order valence-corrected chi connectivity index (χ1v) is 9.25. The molecular formula is C19H24N4S. The van der Waals surface area contributed by atoms with Gasteiger partial charge in [-0.3, -0.25) is 4.99 Å². The SMILES string of the molecule is CN=C(NCCCn1ccc2ccccc21)NCCc1cccs1. The summed E-state index contributed by atoms with van der Waals surface area (Å²) in [4.78, 5) is 5.68. The van der Waals surface area contributed by atoms with E-state index in [0.29, 0.717) is 0 Å². The van der Waals surface area contributed by atoms with Crippen LogP contribution >= 0.6 is 11.3 Å². The average molecular weight is 340 g/mol. The molecule has 2 aromatic heterocycles. The van der Waals surface area contributed by atoms with Crippen molar-refractivity contribution in [2.75, 3.05) is 20.1 Å². The summed E-state index contributed by atoms with van der Waals surface area (Å²) in [6.45, 7) is 2.82. The third kappa shape index (κ3) is 4.38. The second-order valence-electron chi connectivity index (χ2n) is 5.68. The summed E-state index contributed by atoms with van der Waals surface area (Å²) in [6, 6.07) is 14.9. The van der Waals surface area contributed by atoms with E-state index < -0.39 is 0 Å². The zero-order valence-corrected chi connectivity index (χ0v) is 14.9. The Kier molecular flexibility index (Phi) is 5.90. The van der Waals surface area contributed by atoms with Crippen molar-refractivity contribution in [2.45, 2.75) is 19.4 Å². The zero-order chi connectivity index (χ0) is 16.6. The molecule has 0 atom stereocenters. The molecule has 24 heavy (non-hydrogen) atoms. The van der Waals surface area contributed by atoms with Crippen LogP contribution in [0, 0.1) is 0 Å². The largest absolute Gasteiger partial charge is 0.356 e. The molecule has 0 saturated carbocycles. The fraction of sp³-hybridized carbons (Fsp3) is 0.316. The molecule has 0 saturated heterocycles. The second kappa shape index (κ2) is 8.55. The van der Waals surface area contributed by atoms with Crippen LogP contribution < -0.4 is 10.6 Å². The van der Waals surface area contributed by atoms with Crippen molar-refractivity contribution < 1.29 is 0 Å². The molecule has 0 aliphatic heterocycles. The van der Waals surface area contributed by atoms with Crippen LogP contribution in [0.5, 0.6) is 0 Å². The minimum atomic E-state index is 0.879. The van der Waals surface area contributed by atoms with E-state index in [4.69, 9.17) is 0 Å². The lowest BCUT2D eigenvalue weighted by Crippen LogP contribution is -2.38. The first-order valence-electron chi connectivity index (χ1n) is 8.37. The highest BCUT2D eigenvalue weighted by molar-refractivity contribution is 7.09. The van der Waals surface area contributed by atoms with Gasteiger partial charge in [-0.15, -0.1) is 11.3 Å². The summed E-state index contributed by atoms with van der Waals surface area (Å²) < 4.78 is 2.31. The quantitative estimate of drug-likeness (QED) is 0.393. The Bertz CT molecular complexity index is 774. The van der Waals surface area contributed by atoms with E-state index in [1.165, 1.54) is 15.8 Å². The van der Waals surface area contributed by atoms with Crippen molar-refractivity contribution in [1.82, 2.24) is 15.2 Å². The standard InChI is InChI=1S/C19H24N4S/c1-20-19(22-12-9-17-7-4-15-24-17)21-11-5-13-23-14-10-16-6-2-3-8-18(16)23/h2-4,6-8,10,14-15H,5,9,11-13H2,1H3,(H2,20,21,22). The number of aromatic nitrogens is 1. The van der Waals surface area contributed by atoms with Crippen molar-refractivity contribution >= 4 is 28.2 Å². The number of para-hydroxylation sites is 1. The van der Waals surface area contributed by atoms with Crippen molar-refractivity contribution in [3.8, 4) is 0 Å². The fourth-order valence-corrected chi connectivity index (χ4v) is 3.48. The van der Waals surface area contributed by atoms with Gasteiger partial charge in [0.25, 0.3) is 0 Å². The molecule has 0 amide bonds. The first kappa shape index (κ1) is 16.6. The van der Waals surface area contributed by atoms with Gasteiger partial charge in [-0.25, -0.2) is 0 Å². The zero-order valence-electron chi connectivity index (χ0n) is 14.0. The number of hydrogen-bond donors (Lipinski definition) is 2. The van der Waals surface area contributed by atoms with Crippen molar-refractivity contribution in [1.29, 1.82) is 0 Å². The molecule has 3 rings (SSSR count). The summed E-state index contributed by atoms with van der Waals surface area (Å²) >= 11 is 1.80. The van der Waals surface area contributed by atoms with Crippen molar-refractivity contribution in [2.24, 2.45) is 4.99 Å². The van der Waals surface area contributed by atoms with Crippen LogP contribution in [-0.2, 0) is 13.0 Å². The van der Waals surface area contributed by atoms with E-state index in [-0.39, 0.29) is 0 Å². The Morgan fingerprint density at radius 3 is 2.79 bits per heavy atom. The van der Waals surface area contributed by atoms with Gasteiger partial charge in [-0.1, -0.05) is 24.3 Å².